The summed E-state index contributed by atoms with van der Waals surface area (Å²) in [6.45, 7) is 2.01. The maximum Gasteiger partial charge on any atom is 0.128 e. The average molecular weight is 249 g/mol. The minimum Gasteiger partial charge on any atom is -0.375 e. The number of benzene rings is 1. The number of fused-ring (bicyclic) bond motifs is 2. The minimum absolute atomic E-state index is 0.0696. The fourth-order valence-electron chi connectivity index (χ4n) is 3.53. The van der Waals surface area contributed by atoms with Crippen molar-refractivity contribution in [2.24, 2.45) is 5.92 Å². The van der Waals surface area contributed by atoms with Gasteiger partial charge in [0.2, 0.25) is 0 Å². The van der Waals surface area contributed by atoms with Crippen LogP contribution < -0.4 is 5.32 Å². The molecule has 3 heteroatoms. The van der Waals surface area contributed by atoms with E-state index in [9.17, 15) is 4.39 Å². The maximum absolute atomic E-state index is 14.0. The lowest BCUT2D eigenvalue weighted by molar-refractivity contribution is 0.0860. The number of ether oxygens (including phenoxy) is 1. The smallest absolute Gasteiger partial charge is 0.128 e. The molecule has 2 saturated heterocycles. The van der Waals surface area contributed by atoms with Crippen molar-refractivity contribution in [3.63, 3.8) is 0 Å². The summed E-state index contributed by atoms with van der Waals surface area (Å²) in [7, 11) is 1.92. The molecule has 0 aromatic heterocycles. The highest BCUT2D eigenvalue weighted by Gasteiger charge is 2.44. The molecule has 2 aliphatic rings. The van der Waals surface area contributed by atoms with Crippen LogP contribution in [0, 0.1) is 18.7 Å². The van der Waals surface area contributed by atoms with Crippen LogP contribution in [0.4, 0.5) is 4.39 Å². The number of rotatable bonds is 3. The summed E-state index contributed by atoms with van der Waals surface area (Å²) in [5.74, 6) is 0.299. The van der Waals surface area contributed by atoms with Gasteiger partial charge in [-0.25, -0.2) is 4.39 Å². The van der Waals surface area contributed by atoms with Gasteiger partial charge in [0.15, 0.2) is 0 Å². The van der Waals surface area contributed by atoms with Crippen molar-refractivity contribution in [1.29, 1.82) is 0 Å². The van der Waals surface area contributed by atoms with E-state index < -0.39 is 0 Å². The Balaban J connectivity index is 1.90. The van der Waals surface area contributed by atoms with Crippen molar-refractivity contribution < 1.29 is 9.13 Å². The van der Waals surface area contributed by atoms with Crippen LogP contribution in [0.1, 0.15) is 36.4 Å². The highest BCUT2D eigenvalue weighted by molar-refractivity contribution is 5.28. The molecule has 2 bridgehead atoms. The summed E-state index contributed by atoms with van der Waals surface area (Å²) in [4.78, 5) is 0. The molecule has 4 atom stereocenters. The van der Waals surface area contributed by atoms with Gasteiger partial charge in [-0.3, -0.25) is 0 Å². The largest absolute Gasteiger partial charge is 0.375 e. The van der Waals surface area contributed by atoms with Gasteiger partial charge in [0.1, 0.15) is 5.82 Å². The predicted molar refractivity (Wildman–Crippen MR) is 68.9 cm³/mol. The Bertz CT molecular complexity index is 448. The van der Waals surface area contributed by atoms with Crippen LogP contribution in [0.3, 0.4) is 0 Å². The summed E-state index contributed by atoms with van der Waals surface area (Å²) in [5.41, 5.74) is 1.90. The van der Waals surface area contributed by atoms with Gasteiger partial charge in [0.05, 0.1) is 12.2 Å². The third kappa shape index (κ3) is 1.95. The summed E-state index contributed by atoms with van der Waals surface area (Å²) in [5, 5.41) is 3.29. The van der Waals surface area contributed by atoms with Gasteiger partial charge >= 0.3 is 0 Å². The lowest BCUT2D eigenvalue weighted by atomic mass is 9.80. The standard InChI is InChI=1S/C15H20FNO/c1-9-3-5-13(16)11(7-9)15(17-2)12-8-10-4-6-14(12)18-10/h3,5,7,10,12,14-15,17H,4,6,8H2,1-2H3. The average Bonchev–Trinajstić information content (AvgIpc) is 2.97. The first kappa shape index (κ1) is 12.1. The molecule has 3 rings (SSSR count). The van der Waals surface area contributed by atoms with Gasteiger partial charge < -0.3 is 10.1 Å². The highest BCUT2D eigenvalue weighted by Crippen LogP contribution is 2.45. The van der Waals surface area contributed by atoms with E-state index in [1.54, 1.807) is 6.07 Å². The van der Waals surface area contributed by atoms with Crippen LogP contribution in [-0.4, -0.2) is 19.3 Å². The number of hydrogen-bond acceptors (Lipinski definition) is 2. The molecular weight excluding hydrogens is 229 g/mol. The molecule has 0 spiro atoms. The molecule has 2 nitrogen and oxygen atoms in total. The number of hydrogen-bond donors (Lipinski definition) is 1. The van der Waals surface area contributed by atoms with E-state index in [0.29, 0.717) is 18.1 Å². The molecule has 2 heterocycles. The van der Waals surface area contributed by atoms with Crippen molar-refractivity contribution >= 4 is 0 Å². The lowest BCUT2D eigenvalue weighted by Crippen LogP contribution is -2.32. The zero-order chi connectivity index (χ0) is 12.7. The van der Waals surface area contributed by atoms with Crippen molar-refractivity contribution in [2.45, 2.75) is 44.4 Å². The van der Waals surface area contributed by atoms with Crippen LogP contribution in [0.5, 0.6) is 0 Å². The van der Waals surface area contributed by atoms with Crippen LogP contribution >= 0.6 is 0 Å². The molecule has 0 saturated carbocycles. The van der Waals surface area contributed by atoms with Crippen LogP contribution in [0.15, 0.2) is 18.2 Å². The minimum atomic E-state index is -0.109. The molecule has 98 valence electrons. The molecule has 0 radical (unpaired) electrons. The second-order valence-corrected chi connectivity index (χ2v) is 5.56. The fourth-order valence-corrected chi connectivity index (χ4v) is 3.53. The van der Waals surface area contributed by atoms with E-state index in [1.807, 2.05) is 26.1 Å². The van der Waals surface area contributed by atoms with Gasteiger partial charge in [-0.05, 0) is 39.3 Å². The number of aryl methyl sites for hydroxylation is 1. The Morgan fingerprint density at radius 1 is 1.39 bits per heavy atom. The van der Waals surface area contributed by atoms with E-state index >= 15 is 0 Å². The Morgan fingerprint density at radius 3 is 2.83 bits per heavy atom. The molecular formula is C15H20FNO. The molecule has 0 amide bonds. The monoisotopic (exact) mass is 249 g/mol. The Labute approximate surface area is 108 Å². The Morgan fingerprint density at radius 2 is 2.22 bits per heavy atom. The summed E-state index contributed by atoms with van der Waals surface area (Å²) in [6, 6.07) is 5.43. The van der Waals surface area contributed by atoms with E-state index in [-0.39, 0.29) is 11.9 Å². The van der Waals surface area contributed by atoms with Crippen LogP contribution in [0.25, 0.3) is 0 Å². The lowest BCUT2D eigenvalue weighted by Gasteiger charge is -2.29. The van der Waals surface area contributed by atoms with Crippen LogP contribution in [-0.2, 0) is 4.74 Å². The second kappa shape index (κ2) is 4.63. The predicted octanol–water partition coefficient (Wildman–Crippen LogP) is 2.96. The normalized spacial score (nSPS) is 31.8. The molecule has 2 aliphatic heterocycles. The van der Waals surface area contributed by atoms with E-state index in [0.717, 1.165) is 24.0 Å². The molecule has 1 aromatic rings. The first-order valence-electron chi connectivity index (χ1n) is 6.78. The SMILES string of the molecule is CNC(c1cc(C)ccc1F)C1CC2CCC1O2. The van der Waals surface area contributed by atoms with Crippen LogP contribution in [0.2, 0.25) is 0 Å². The third-order valence-corrected chi connectivity index (χ3v) is 4.38. The molecule has 1 aromatic carbocycles. The number of nitrogens with one attached hydrogen (secondary N) is 1. The van der Waals surface area contributed by atoms with Crippen molar-refractivity contribution in [2.75, 3.05) is 7.05 Å². The zero-order valence-electron chi connectivity index (χ0n) is 10.9. The van der Waals surface area contributed by atoms with Crippen molar-refractivity contribution in [1.82, 2.24) is 5.32 Å². The van der Waals surface area contributed by atoms with Gasteiger partial charge in [0, 0.05) is 17.5 Å². The molecule has 2 fully saturated rings. The molecule has 0 aliphatic carbocycles. The summed E-state index contributed by atoms with van der Waals surface area (Å²) < 4.78 is 19.9. The number of halogens is 1. The topological polar surface area (TPSA) is 21.3 Å². The summed E-state index contributed by atoms with van der Waals surface area (Å²) >= 11 is 0. The van der Waals surface area contributed by atoms with E-state index in [1.165, 1.54) is 6.42 Å². The fraction of sp³-hybridized carbons (Fsp3) is 0.600. The van der Waals surface area contributed by atoms with Gasteiger partial charge in [-0.1, -0.05) is 17.7 Å². The molecule has 1 N–H and O–H groups in total. The maximum atomic E-state index is 14.0. The van der Waals surface area contributed by atoms with Gasteiger partial charge in [-0.15, -0.1) is 0 Å². The Hall–Kier alpha value is -0.930. The van der Waals surface area contributed by atoms with E-state index in [4.69, 9.17) is 4.74 Å². The molecule has 18 heavy (non-hydrogen) atoms. The summed E-state index contributed by atoms with van der Waals surface area (Å²) in [6.07, 6.45) is 4.08. The quantitative estimate of drug-likeness (QED) is 0.889. The first-order valence-corrected chi connectivity index (χ1v) is 6.78. The van der Waals surface area contributed by atoms with E-state index in [2.05, 4.69) is 5.32 Å². The zero-order valence-corrected chi connectivity index (χ0v) is 10.9. The second-order valence-electron chi connectivity index (χ2n) is 5.56. The van der Waals surface area contributed by atoms with Gasteiger partial charge in [-0.2, -0.15) is 0 Å². The third-order valence-electron chi connectivity index (χ3n) is 4.38. The van der Waals surface area contributed by atoms with Crippen molar-refractivity contribution in [3.05, 3.63) is 35.1 Å². The highest BCUT2D eigenvalue weighted by atomic mass is 19.1. The Kier molecular flexibility index (Phi) is 3.12. The van der Waals surface area contributed by atoms with Gasteiger partial charge in [0.25, 0.3) is 0 Å². The van der Waals surface area contributed by atoms with Crippen molar-refractivity contribution in [3.8, 4) is 0 Å². The molecule has 4 unspecified atom stereocenters. The first-order chi connectivity index (χ1) is 8.69.